The summed E-state index contributed by atoms with van der Waals surface area (Å²) in [6.07, 6.45) is -0.410. The number of ether oxygens (including phenoxy) is 4. The Labute approximate surface area is 186 Å². The number of hydrogen-bond acceptors (Lipinski definition) is 6. The molecular formula is C25H25NO6. The maximum absolute atomic E-state index is 12.2. The van der Waals surface area contributed by atoms with Gasteiger partial charge in [0.25, 0.3) is 0 Å². The topological polar surface area (TPSA) is 83.1 Å². The largest absolute Gasteiger partial charge is 0.493 e. The van der Waals surface area contributed by atoms with Crippen LogP contribution in [0.3, 0.4) is 0 Å². The third-order valence-corrected chi connectivity index (χ3v) is 4.49. The van der Waals surface area contributed by atoms with Gasteiger partial charge in [0, 0.05) is 6.42 Å². The maximum Gasteiger partial charge on any atom is 0.412 e. The van der Waals surface area contributed by atoms with Gasteiger partial charge < -0.3 is 18.9 Å². The van der Waals surface area contributed by atoms with Crippen LogP contribution in [0.15, 0.2) is 72.8 Å². The van der Waals surface area contributed by atoms with Crippen molar-refractivity contribution in [1.82, 2.24) is 0 Å². The number of anilines is 1. The Morgan fingerprint density at radius 1 is 0.781 bits per heavy atom. The van der Waals surface area contributed by atoms with E-state index in [1.807, 2.05) is 48.5 Å². The first-order chi connectivity index (χ1) is 15.6. The molecule has 3 aromatic carbocycles. The molecule has 7 heteroatoms. The lowest BCUT2D eigenvalue weighted by atomic mass is 10.1. The first kappa shape index (κ1) is 22.7. The van der Waals surface area contributed by atoms with E-state index in [9.17, 15) is 9.59 Å². The van der Waals surface area contributed by atoms with Crippen LogP contribution >= 0.6 is 0 Å². The van der Waals surface area contributed by atoms with Gasteiger partial charge in [-0.25, -0.2) is 4.79 Å². The van der Waals surface area contributed by atoms with Gasteiger partial charge in [0.1, 0.15) is 13.2 Å². The number of rotatable bonds is 9. The van der Waals surface area contributed by atoms with E-state index < -0.39 is 6.09 Å². The van der Waals surface area contributed by atoms with Crippen molar-refractivity contribution in [3.8, 4) is 17.2 Å². The van der Waals surface area contributed by atoms with Gasteiger partial charge in [-0.1, -0.05) is 55.5 Å². The molecule has 0 spiro atoms. The van der Waals surface area contributed by atoms with Crippen LogP contribution in [0.2, 0.25) is 0 Å². The summed E-state index contributed by atoms with van der Waals surface area (Å²) in [6, 6.07) is 21.7. The van der Waals surface area contributed by atoms with Crippen LogP contribution in [0, 0.1) is 0 Å². The van der Waals surface area contributed by atoms with E-state index in [0.717, 1.165) is 11.1 Å². The average Bonchev–Trinajstić information content (AvgIpc) is 2.83. The summed E-state index contributed by atoms with van der Waals surface area (Å²) in [6.45, 7) is 2.17. The highest BCUT2D eigenvalue weighted by Crippen LogP contribution is 2.27. The van der Waals surface area contributed by atoms with E-state index >= 15 is 0 Å². The molecular weight excluding hydrogens is 410 g/mol. The molecule has 0 aromatic heterocycles. The first-order valence-electron chi connectivity index (χ1n) is 10.2. The molecule has 0 heterocycles. The van der Waals surface area contributed by atoms with Crippen LogP contribution < -0.4 is 19.5 Å². The number of nitrogens with one attached hydrogen (secondary N) is 1. The highest BCUT2D eigenvalue weighted by Gasteiger charge is 2.11. The van der Waals surface area contributed by atoms with Gasteiger partial charge in [-0.3, -0.25) is 10.1 Å². The van der Waals surface area contributed by atoms with Crippen molar-refractivity contribution < 1.29 is 28.5 Å². The number of methoxy groups -OCH3 is 1. The summed E-state index contributed by atoms with van der Waals surface area (Å²) >= 11 is 0. The molecule has 7 nitrogen and oxygen atoms in total. The number of hydrogen-bond donors (Lipinski definition) is 1. The minimum Gasteiger partial charge on any atom is -0.493 e. The van der Waals surface area contributed by atoms with Crippen LogP contribution in [0.4, 0.5) is 10.5 Å². The molecule has 0 aliphatic rings. The fourth-order valence-corrected chi connectivity index (χ4v) is 2.78. The normalized spacial score (nSPS) is 10.2. The molecule has 166 valence electrons. The third-order valence-electron chi connectivity index (χ3n) is 4.49. The highest BCUT2D eigenvalue weighted by molar-refractivity contribution is 5.87. The van der Waals surface area contributed by atoms with E-state index in [0.29, 0.717) is 23.8 Å². The van der Waals surface area contributed by atoms with Gasteiger partial charge in [-0.2, -0.15) is 0 Å². The van der Waals surface area contributed by atoms with Crippen molar-refractivity contribution in [3.05, 3.63) is 83.9 Å². The zero-order valence-electron chi connectivity index (χ0n) is 18.0. The predicted octanol–water partition coefficient (Wildman–Crippen LogP) is 5.34. The molecule has 0 atom stereocenters. The van der Waals surface area contributed by atoms with E-state index in [1.165, 1.54) is 0 Å². The second kappa shape index (κ2) is 11.4. The Hall–Kier alpha value is -4.00. The van der Waals surface area contributed by atoms with Gasteiger partial charge in [-0.15, -0.1) is 0 Å². The van der Waals surface area contributed by atoms with E-state index in [-0.39, 0.29) is 24.7 Å². The van der Waals surface area contributed by atoms with E-state index in [2.05, 4.69) is 5.32 Å². The molecule has 3 aromatic rings. The molecule has 0 saturated carbocycles. The molecule has 0 unspecified atom stereocenters. The molecule has 0 aliphatic heterocycles. The van der Waals surface area contributed by atoms with Crippen molar-refractivity contribution >= 4 is 17.7 Å². The summed E-state index contributed by atoms with van der Waals surface area (Å²) in [5.41, 5.74) is 2.16. The Morgan fingerprint density at radius 2 is 1.38 bits per heavy atom. The fraction of sp³-hybridized carbons (Fsp3) is 0.200. The Bertz CT molecular complexity index is 1050. The number of carbonyl (C=O) groups excluding carboxylic acids is 2. The van der Waals surface area contributed by atoms with E-state index in [4.69, 9.17) is 18.9 Å². The molecule has 1 amide bonds. The average molecular weight is 435 g/mol. The highest BCUT2D eigenvalue weighted by atomic mass is 16.6. The zero-order chi connectivity index (χ0) is 22.8. The third kappa shape index (κ3) is 6.50. The molecule has 0 saturated heterocycles. The minimum absolute atomic E-state index is 0.0936. The molecule has 0 radical (unpaired) electrons. The van der Waals surface area contributed by atoms with Gasteiger partial charge in [-0.05, 0) is 35.4 Å². The van der Waals surface area contributed by atoms with Gasteiger partial charge in [0.2, 0.25) is 0 Å². The summed E-state index contributed by atoms with van der Waals surface area (Å²) in [4.78, 5) is 23.7. The van der Waals surface area contributed by atoms with Crippen LogP contribution in [0.25, 0.3) is 0 Å². The minimum atomic E-state index is -0.645. The van der Waals surface area contributed by atoms with Crippen molar-refractivity contribution in [1.29, 1.82) is 0 Å². The second-order valence-corrected chi connectivity index (χ2v) is 6.78. The SMILES string of the molecule is CCC(=O)Oc1ccccc1NC(=O)OCc1ccc(COc2ccccc2OC)cc1. The number of benzene rings is 3. The number of esters is 1. The van der Waals surface area contributed by atoms with Crippen LogP contribution in [0.5, 0.6) is 17.2 Å². The summed E-state index contributed by atoms with van der Waals surface area (Å²) in [5.74, 6) is 1.23. The molecule has 32 heavy (non-hydrogen) atoms. The second-order valence-electron chi connectivity index (χ2n) is 6.78. The van der Waals surface area contributed by atoms with E-state index in [1.54, 1.807) is 38.3 Å². The summed E-state index contributed by atoms with van der Waals surface area (Å²) < 4.78 is 21.6. The lowest BCUT2D eigenvalue weighted by Crippen LogP contribution is -2.15. The van der Waals surface area contributed by atoms with Crippen LogP contribution in [0.1, 0.15) is 24.5 Å². The summed E-state index contributed by atoms with van der Waals surface area (Å²) in [5, 5.41) is 2.60. The molecule has 1 N–H and O–H groups in total. The lowest BCUT2D eigenvalue weighted by molar-refractivity contribution is -0.133. The molecule has 3 rings (SSSR count). The van der Waals surface area contributed by atoms with Gasteiger partial charge in [0.15, 0.2) is 17.2 Å². The van der Waals surface area contributed by atoms with Crippen molar-refractivity contribution in [2.75, 3.05) is 12.4 Å². The number of carbonyl (C=O) groups is 2. The van der Waals surface area contributed by atoms with Gasteiger partial charge >= 0.3 is 12.1 Å². The maximum atomic E-state index is 12.2. The molecule has 0 aliphatic carbocycles. The predicted molar refractivity (Wildman–Crippen MR) is 120 cm³/mol. The van der Waals surface area contributed by atoms with Crippen LogP contribution in [-0.4, -0.2) is 19.2 Å². The lowest BCUT2D eigenvalue weighted by Gasteiger charge is -2.12. The van der Waals surface area contributed by atoms with Crippen molar-refractivity contribution in [3.63, 3.8) is 0 Å². The van der Waals surface area contributed by atoms with Gasteiger partial charge in [0.05, 0.1) is 12.8 Å². The standard InChI is InChI=1S/C25H25NO6/c1-3-24(27)32-21-9-5-4-8-20(21)26-25(28)31-17-19-14-12-18(13-15-19)16-30-23-11-7-6-10-22(23)29-2/h4-15H,3,16-17H2,1-2H3,(H,26,28). The Balaban J connectivity index is 1.50. The quantitative estimate of drug-likeness (QED) is 0.361. The number of para-hydroxylation sites is 4. The smallest absolute Gasteiger partial charge is 0.412 e. The summed E-state index contributed by atoms with van der Waals surface area (Å²) in [7, 11) is 1.60. The van der Waals surface area contributed by atoms with Crippen molar-refractivity contribution in [2.24, 2.45) is 0 Å². The monoisotopic (exact) mass is 435 g/mol. The Kier molecular flexibility index (Phi) is 8.09. The Morgan fingerprint density at radius 3 is 2.03 bits per heavy atom. The fourth-order valence-electron chi connectivity index (χ4n) is 2.78. The zero-order valence-corrected chi connectivity index (χ0v) is 18.0. The number of amides is 1. The first-order valence-corrected chi connectivity index (χ1v) is 10.2. The molecule has 0 fully saturated rings. The molecule has 0 bridgehead atoms. The van der Waals surface area contributed by atoms with Crippen LogP contribution in [-0.2, 0) is 22.7 Å². The van der Waals surface area contributed by atoms with Crippen molar-refractivity contribution in [2.45, 2.75) is 26.6 Å².